The van der Waals surface area contributed by atoms with Gasteiger partial charge in [0, 0.05) is 30.8 Å². The molecule has 1 aliphatic carbocycles. The lowest BCUT2D eigenvalue weighted by atomic mass is 9.82. The fourth-order valence-corrected chi connectivity index (χ4v) is 4.59. The summed E-state index contributed by atoms with van der Waals surface area (Å²) in [5.74, 6) is -1.29. The molecule has 0 saturated carbocycles. The van der Waals surface area contributed by atoms with Crippen LogP contribution in [0.5, 0.6) is 0 Å². The number of ether oxygens (including phenoxy) is 2. The van der Waals surface area contributed by atoms with E-state index in [1.807, 2.05) is 4.90 Å². The average Bonchev–Trinajstić information content (AvgIpc) is 3.18. The zero-order chi connectivity index (χ0) is 18.1. The highest BCUT2D eigenvalue weighted by molar-refractivity contribution is 6.25. The number of piperazine rings is 1. The van der Waals surface area contributed by atoms with E-state index in [1.54, 1.807) is 6.92 Å². The maximum absolute atomic E-state index is 13.0. The van der Waals surface area contributed by atoms with Crippen molar-refractivity contribution in [3.63, 3.8) is 0 Å². The number of fused-ring (bicyclic) bond motifs is 4. The highest BCUT2D eigenvalue weighted by Gasteiger charge is 2.72. The molecule has 25 heavy (non-hydrogen) atoms. The van der Waals surface area contributed by atoms with Crippen LogP contribution >= 0.6 is 0 Å². The summed E-state index contributed by atoms with van der Waals surface area (Å²) in [5, 5.41) is 3.29. The molecule has 0 aromatic rings. The number of hydrogen-bond donors (Lipinski definition) is 3. The van der Waals surface area contributed by atoms with Crippen molar-refractivity contribution in [2.75, 3.05) is 20.3 Å². The van der Waals surface area contributed by atoms with Crippen LogP contribution in [0.3, 0.4) is 0 Å². The first-order valence-electron chi connectivity index (χ1n) is 8.21. The van der Waals surface area contributed by atoms with Crippen LogP contribution in [0.1, 0.15) is 13.3 Å². The molecule has 0 radical (unpaired) electrons. The highest BCUT2D eigenvalue weighted by Crippen LogP contribution is 2.55. The van der Waals surface area contributed by atoms with Crippen LogP contribution in [-0.4, -0.2) is 60.6 Å². The van der Waals surface area contributed by atoms with Gasteiger partial charge in [-0.2, -0.15) is 0 Å². The molecular weight excluding hydrogens is 328 g/mol. The number of nitrogens with one attached hydrogen (secondary N) is 1. The van der Waals surface area contributed by atoms with E-state index in [-0.39, 0.29) is 35.7 Å². The molecule has 4 atom stereocenters. The van der Waals surface area contributed by atoms with Crippen molar-refractivity contribution in [1.29, 1.82) is 0 Å². The summed E-state index contributed by atoms with van der Waals surface area (Å²) in [4.78, 5) is 38.9. The predicted octanol–water partition coefficient (Wildman–Crippen LogP) is -1.26. The van der Waals surface area contributed by atoms with E-state index < -0.39 is 23.5 Å². The summed E-state index contributed by atoms with van der Waals surface area (Å²) in [6.07, 6.45) is -0.577. The van der Waals surface area contributed by atoms with E-state index in [2.05, 4.69) is 5.32 Å². The topological polar surface area (TPSA) is 147 Å². The fraction of sp³-hybridized carbons (Fsp3) is 0.562. The number of primary amides is 1. The van der Waals surface area contributed by atoms with Crippen molar-refractivity contribution in [3.8, 4) is 0 Å². The molecule has 1 amide bonds. The monoisotopic (exact) mass is 348 g/mol. The second-order valence-electron chi connectivity index (χ2n) is 6.67. The number of ketones is 2. The lowest BCUT2D eigenvalue weighted by Crippen LogP contribution is -2.55. The zero-order valence-corrected chi connectivity index (χ0v) is 14.0. The van der Waals surface area contributed by atoms with E-state index in [0.29, 0.717) is 24.2 Å². The number of nitrogens with two attached hydrogens (primary N) is 2. The van der Waals surface area contributed by atoms with Gasteiger partial charge in [0.1, 0.15) is 6.61 Å². The number of nitrogens with zero attached hydrogens (tertiary/aromatic N) is 1. The minimum Gasteiger partial charge on any atom is -0.449 e. The SMILES string of the molecule is CCC1=C(N)C(=O)C2=C(C1=O)N1C[C@@H]3N[C@@H]3[C@]1(OC)[C@@H]2COC(N)=O. The molecule has 0 unspecified atom stereocenters. The van der Waals surface area contributed by atoms with Gasteiger partial charge in [-0.05, 0) is 6.42 Å². The van der Waals surface area contributed by atoms with Gasteiger partial charge in [0.05, 0.1) is 23.4 Å². The third kappa shape index (κ3) is 1.82. The fourth-order valence-electron chi connectivity index (χ4n) is 4.59. The number of Topliss-reactive ketones (excluding diaryl/α,β-unsaturated/α-hetero) is 2. The Morgan fingerprint density at radius 3 is 2.72 bits per heavy atom. The second kappa shape index (κ2) is 5.06. The predicted molar refractivity (Wildman–Crippen MR) is 84.7 cm³/mol. The molecule has 4 rings (SSSR count). The zero-order valence-electron chi connectivity index (χ0n) is 14.0. The molecule has 5 N–H and O–H groups in total. The van der Waals surface area contributed by atoms with Gasteiger partial charge in [0.15, 0.2) is 5.72 Å². The Bertz CT molecular complexity index is 772. The van der Waals surface area contributed by atoms with Crippen molar-refractivity contribution in [2.45, 2.75) is 31.2 Å². The summed E-state index contributed by atoms with van der Waals surface area (Å²) >= 11 is 0. The van der Waals surface area contributed by atoms with Crippen LogP contribution < -0.4 is 16.8 Å². The molecule has 0 spiro atoms. The molecule has 3 aliphatic heterocycles. The molecule has 3 heterocycles. The number of carbonyl (C=O) groups excluding carboxylic acids is 3. The number of rotatable bonds is 4. The molecule has 0 aromatic heterocycles. The van der Waals surface area contributed by atoms with Gasteiger partial charge in [0.25, 0.3) is 0 Å². The molecule has 2 fully saturated rings. The van der Waals surface area contributed by atoms with Crippen molar-refractivity contribution in [1.82, 2.24) is 10.2 Å². The minimum absolute atomic E-state index is 0.0388. The maximum Gasteiger partial charge on any atom is 0.404 e. The number of amides is 1. The van der Waals surface area contributed by atoms with Crippen LogP contribution in [0.15, 0.2) is 22.5 Å². The lowest BCUT2D eigenvalue weighted by Gasteiger charge is -2.39. The van der Waals surface area contributed by atoms with Crippen molar-refractivity contribution in [3.05, 3.63) is 22.5 Å². The summed E-state index contributed by atoms with van der Waals surface area (Å²) < 4.78 is 10.8. The molecule has 9 heteroatoms. The third-order valence-corrected chi connectivity index (χ3v) is 5.68. The quantitative estimate of drug-likeness (QED) is 0.421. The van der Waals surface area contributed by atoms with Gasteiger partial charge in [-0.25, -0.2) is 4.79 Å². The van der Waals surface area contributed by atoms with Gasteiger partial charge < -0.3 is 31.2 Å². The first-order valence-corrected chi connectivity index (χ1v) is 8.21. The molecular formula is C16H20N4O5. The Labute approximate surface area is 144 Å². The van der Waals surface area contributed by atoms with Gasteiger partial charge in [0.2, 0.25) is 11.6 Å². The second-order valence-corrected chi connectivity index (χ2v) is 6.67. The Kier molecular flexibility index (Phi) is 3.26. The molecule has 0 bridgehead atoms. The lowest BCUT2D eigenvalue weighted by molar-refractivity contribution is -0.137. The number of carbonyl (C=O) groups is 3. The summed E-state index contributed by atoms with van der Waals surface area (Å²) in [6, 6.07) is 0.109. The Balaban J connectivity index is 1.84. The maximum atomic E-state index is 13.0. The molecule has 134 valence electrons. The Morgan fingerprint density at radius 1 is 1.40 bits per heavy atom. The van der Waals surface area contributed by atoms with E-state index in [9.17, 15) is 14.4 Å². The summed E-state index contributed by atoms with van der Waals surface area (Å²) in [5.41, 5.74) is 11.0. The number of allylic oxidation sites excluding steroid dienone is 2. The van der Waals surface area contributed by atoms with E-state index in [1.165, 1.54) is 7.11 Å². The van der Waals surface area contributed by atoms with E-state index in [0.717, 1.165) is 0 Å². The van der Waals surface area contributed by atoms with Crippen LogP contribution in [0.2, 0.25) is 0 Å². The summed E-state index contributed by atoms with van der Waals surface area (Å²) in [6.45, 7) is 2.17. The van der Waals surface area contributed by atoms with Gasteiger partial charge in [-0.15, -0.1) is 0 Å². The molecule has 2 saturated heterocycles. The average molecular weight is 348 g/mol. The number of methoxy groups -OCH3 is 1. The molecule has 9 nitrogen and oxygen atoms in total. The standard InChI is InChI=1S/C16H20N4O5/c1-3-6-10(17)13(22)9-7(5-25-15(18)23)16(24-2)14-8(19-14)4-20(16)11(9)12(6)21/h7-8,14,19H,3-5,17H2,1-2H3,(H2,18,23)/t7-,8+,14+,16-/m1/s1. The van der Waals surface area contributed by atoms with E-state index in [4.69, 9.17) is 20.9 Å². The smallest absolute Gasteiger partial charge is 0.404 e. The van der Waals surface area contributed by atoms with Gasteiger partial charge in [-0.3, -0.25) is 9.59 Å². The molecule has 4 aliphatic rings. The van der Waals surface area contributed by atoms with Crippen LogP contribution in [0, 0.1) is 5.92 Å². The van der Waals surface area contributed by atoms with Crippen LogP contribution in [0.25, 0.3) is 0 Å². The van der Waals surface area contributed by atoms with Crippen LogP contribution in [-0.2, 0) is 19.1 Å². The normalized spacial score (nSPS) is 35.8. The first-order chi connectivity index (χ1) is 11.9. The van der Waals surface area contributed by atoms with Gasteiger partial charge in [-0.1, -0.05) is 6.92 Å². The van der Waals surface area contributed by atoms with Crippen molar-refractivity contribution < 1.29 is 23.9 Å². The largest absolute Gasteiger partial charge is 0.449 e. The van der Waals surface area contributed by atoms with Crippen LogP contribution in [0.4, 0.5) is 4.79 Å². The van der Waals surface area contributed by atoms with Crippen molar-refractivity contribution in [2.24, 2.45) is 17.4 Å². The van der Waals surface area contributed by atoms with E-state index >= 15 is 0 Å². The molecule has 0 aromatic carbocycles. The van der Waals surface area contributed by atoms with Crippen molar-refractivity contribution >= 4 is 17.7 Å². The van der Waals surface area contributed by atoms with Gasteiger partial charge >= 0.3 is 6.09 Å². The highest BCUT2D eigenvalue weighted by atomic mass is 16.6. The Hall–Kier alpha value is -2.39. The minimum atomic E-state index is -0.959. The first kappa shape index (κ1) is 16.1. The Morgan fingerprint density at radius 2 is 2.12 bits per heavy atom. The number of hydrogen-bond acceptors (Lipinski definition) is 8. The summed E-state index contributed by atoms with van der Waals surface area (Å²) in [7, 11) is 1.53. The third-order valence-electron chi connectivity index (χ3n) is 5.68.